The minimum absolute atomic E-state index is 0.0461. The summed E-state index contributed by atoms with van der Waals surface area (Å²) in [5.41, 5.74) is 1.47. The van der Waals surface area contributed by atoms with Gasteiger partial charge in [0, 0.05) is 36.1 Å². The third-order valence-electron chi connectivity index (χ3n) is 4.70. The number of carbonyl (C=O) groups is 2. The van der Waals surface area contributed by atoms with Crippen LogP contribution in [0.15, 0.2) is 24.3 Å². The van der Waals surface area contributed by atoms with E-state index in [1.54, 1.807) is 21.6 Å². The molecule has 0 aromatic heterocycles. The summed E-state index contributed by atoms with van der Waals surface area (Å²) >= 11 is 0. The van der Waals surface area contributed by atoms with E-state index in [0.29, 0.717) is 55.2 Å². The summed E-state index contributed by atoms with van der Waals surface area (Å²) < 4.78 is 11.6. The van der Waals surface area contributed by atoms with Crippen molar-refractivity contribution < 1.29 is 19.1 Å². The summed E-state index contributed by atoms with van der Waals surface area (Å²) in [7, 11) is 3.40. The number of rotatable bonds is 17. The average molecular weight is 522 g/mol. The average Bonchev–Trinajstić information content (AvgIpc) is 2.81. The Morgan fingerprint density at radius 2 is 1.71 bits per heavy atom. The monoisotopic (exact) mass is 521 g/mol. The van der Waals surface area contributed by atoms with Crippen LogP contribution in [0, 0.1) is 23.7 Å². The number of ether oxygens (including phenoxy) is 2. The standard InChI is InChI=1S/C28H43NO4S2/c1-21(2)10-7-8-12-26(30)20-32-18-19-33-28(35-34-23(5)6)25-15-13-24(14-16-25)27(31)29-17-9-11-22(3)4/h13-16,21-23,28H,8-9,11-12,17-20H2,1-6H3,(H,29,31). The lowest BCUT2D eigenvalue weighted by Crippen LogP contribution is -2.24. The second-order valence-corrected chi connectivity index (χ2v) is 12.3. The first-order valence-corrected chi connectivity index (χ1v) is 14.9. The minimum atomic E-state index is -0.184. The molecule has 1 atom stereocenters. The van der Waals surface area contributed by atoms with Crippen LogP contribution in [0.25, 0.3) is 0 Å². The summed E-state index contributed by atoms with van der Waals surface area (Å²) in [4.78, 5) is 24.3. The fraction of sp³-hybridized carbons (Fsp3) is 0.643. The third kappa shape index (κ3) is 16.0. The molecule has 0 aliphatic rings. The molecule has 5 nitrogen and oxygen atoms in total. The van der Waals surface area contributed by atoms with Gasteiger partial charge in [-0.05, 0) is 36.5 Å². The largest absolute Gasteiger partial charge is 0.371 e. The number of benzene rings is 1. The lowest BCUT2D eigenvalue weighted by molar-refractivity contribution is -0.124. The van der Waals surface area contributed by atoms with Gasteiger partial charge >= 0.3 is 0 Å². The molecule has 0 saturated heterocycles. The van der Waals surface area contributed by atoms with Crippen LogP contribution in [0.3, 0.4) is 0 Å². The van der Waals surface area contributed by atoms with E-state index in [1.165, 1.54) is 0 Å². The molecule has 1 rings (SSSR count). The van der Waals surface area contributed by atoms with Crippen molar-refractivity contribution >= 4 is 33.3 Å². The van der Waals surface area contributed by atoms with Crippen molar-refractivity contribution in [3.05, 3.63) is 35.4 Å². The normalized spacial score (nSPS) is 12.0. The summed E-state index contributed by atoms with van der Waals surface area (Å²) in [6.07, 6.45) is 3.09. The van der Waals surface area contributed by atoms with Crippen LogP contribution >= 0.6 is 21.6 Å². The number of hydrogen-bond donors (Lipinski definition) is 1. The van der Waals surface area contributed by atoms with Gasteiger partial charge in [0.25, 0.3) is 5.91 Å². The topological polar surface area (TPSA) is 64.6 Å². The molecule has 0 spiro atoms. The number of ketones is 1. The number of carbonyl (C=O) groups excluding carboxylic acids is 2. The van der Waals surface area contributed by atoms with E-state index >= 15 is 0 Å². The molecule has 196 valence electrons. The van der Waals surface area contributed by atoms with Gasteiger partial charge in [-0.3, -0.25) is 9.59 Å². The first-order chi connectivity index (χ1) is 16.7. The fourth-order valence-corrected chi connectivity index (χ4v) is 5.11. The second-order valence-electron chi connectivity index (χ2n) is 9.42. The Labute approximate surface area is 220 Å². The van der Waals surface area contributed by atoms with E-state index in [1.807, 2.05) is 38.1 Å². The Kier molecular flexibility index (Phi) is 16.9. The van der Waals surface area contributed by atoms with Crippen molar-refractivity contribution in [3.8, 4) is 11.8 Å². The maximum absolute atomic E-state index is 12.4. The van der Waals surface area contributed by atoms with E-state index in [-0.39, 0.29) is 23.7 Å². The molecule has 7 heteroatoms. The molecule has 0 bridgehead atoms. The Morgan fingerprint density at radius 3 is 2.34 bits per heavy atom. The zero-order valence-electron chi connectivity index (χ0n) is 22.2. The van der Waals surface area contributed by atoms with Crippen LogP contribution in [0.4, 0.5) is 0 Å². The molecule has 0 heterocycles. The molecule has 35 heavy (non-hydrogen) atoms. The molecule has 1 unspecified atom stereocenters. The number of Topliss-reactive ketones (excluding diaryl/α,β-unsaturated/α-hetero) is 1. The predicted octanol–water partition coefficient (Wildman–Crippen LogP) is 6.68. The smallest absolute Gasteiger partial charge is 0.251 e. The summed E-state index contributed by atoms with van der Waals surface area (Å²) in [5, 5.41) is 3.44. The lowest BCUT2D eigenvalue weighted by Gasteiger charge is -2.19. The van der Waals surface area contributed by atoms with Gasteiger partial charge in [0.1, 0.15) is 12.0 Å². The highest BCUT2D eigenvalue weighted by atomic mass is 33.1. The fourth-order valence-electron chi connectivity index (χ4n) is 2.90. The highest BCUT2D eigenvalue weighted by molar-refractivity contribution is 8.76. The molecule has 0 radical (unpaired) electrons. The van der Waals surface area contributed by atoms with Crippen molar-refractivity contribution in [2.75, 3.05) is 26.4 Å². The van der Waals surface area contributed by atoms with Gasteiger partial charge in [0.05, 0.1) is 13.2 Å². The Morgan fingerprint density at radius 1 is 1.00 bits per heavy atom. The summed E-state index contributed by atoms with van der Waals surface area (Å²) in [6, 6.07) is 7.59. The zero-order valence-corrected chi connectivity index (χ0v) is 23.9. The van der Waals surface area contributed by atoms with Gasteiger partial charge < -0.3 is 14.8 Å². The van der Waals surface area contributed by atoms with E-state index < -0.39 is 0 Å². The molecular weight excluding hydrogens is 478 g/mol. The highest BCUT2D eigenvalue weighted by Gasteiger charge is 2.16. The molecule has 0 fully saturated rings. The first-order valence-electron chi connectivity index (χ1n) is 12.6. The van der Waals surface area contributed by atoms with Crippen LogP contribution in [0.2, 0.25) is 0 Å². The minimum Gasteiger partial charge on any atom is -0.371 e. The summed E-state index contributed by atoms with van der Waals surface area (Å²) in [6.45, 7) is 14.2. The van der Waals surface area contributed by atoms with Gasteiger partial charge in [-0.15, -0.1) is 11.8 Å². The molecule has 1 amide bonds. The number of hydrogen-bond acceptors (Lipinski definition) is 6. The molecular formula is C28H43NO4S2. The van der Waals surface area contributed by atoms with Crippen molar-refractivity contribution in [2.45, 2.75) is 77.9 Å². The van der Waals surface area contributed by atoms with Gasteiger partial charge in [-0.1, -0.05) is 75.3 Å². The molecule has 1 aromatic carbocycles. The van der Waals surface area contributed by atoms with Crippen molar-refractivity contribution in [2.24, 2.45) is 11.8 Å². The van der Waals surface area contributed by atoms with Crippen molar-refractivity contribution in [1.29, 1.82) is 0 Å². The lowest BCUT2D eigenvalue weighted by atomic mass is 10.1. The molecule has 1 N–H and O–H groups in total. The maximum Gasteiger partial charge on any atom is 0.251 e. The Balaban J connectivity index is 2.49. The van der Waals surface area contributed by atoms with Crippen molar-refractivity contribution in [1.82, 2.24) is 5.32 Å². The first kappa shape index (κ1) is 31.6. The SMILES string of the molecule is CC(C)C#CCCC(=O)COCCOC(SSC(C)C)c1ccc(C(=O)NCCCC(C)C)cc1. The van der Waals surface area contributed by atoms with Gasteiger partial charge in [0.15, 0.2) is 5.78 Å². The van der Waals surface area contributed by atoms with Crippen LogP contribution in [0.5, 0.6) is 0 Å². The molecule has 0 aliphatic heterocycles. The third-order valence-corrected chi connectivity index (χ3v) is 7.80. The Bertz CT molecular complexity index is 797. The van der Waals surface area contributed by atoms with Crippen LogP contribution in [-0.2, 0) is 14.3 Å². The summed E-state index contributed by atoms with van der Waals surface area (Å²) in [5.74, 6) is 7.06. The maximum atomic E-state index is 12.4. The van der Waals surface area contributed by atoms with E-state index in [9.17, 15) is 9.59 Å². The molecule has 0 aliphatic carbocycles. The zero-order chi connectivity index (χ0) is 26.1. The number of nitrogens with one attached hydrogen (secondary N) is 1. The van der Waals surface area contributed by atoms with E-state index in [0.717, 1.165) is 18.4 Å². The highest BCUT2D eigenvalue weighted by Crippen LogP contribution is 2.41. The molecule has 0 saturated carbocycles. The quantitative estimate of drug-likeness (QED) is 0.107. The predicted molar refractivity (Wildman–Crippen MR) is 150 cm³/mol. The van der Waals surface area contributed by atoms with E-state index in [2.05, 4.69) is 44.9 Å². The van der Waals surface area contributed by atoms with Gasteiger partial charge in [-0.25, -0.2) is 0 Å². The van der Waals surface area contributed by atoms with Crippen LogP contribution in [0.1, 0.15) is 88.6 Å². The molecule has 1 aromatic rings. The van der Waals surface area contributed by atoms with E-state index in [4.69, 9.17) is 9.47 Å². The van der Waals surface area contributed by atoms with Gasteiger partial charge in [0.2, 0.25) is 0 Å². The van der Waals surface area contributed by atoms with Gasteiger partial charge in [-0.2, -0.15) is 0 Å². The van der Waals surface area contributed by atoms with Crippen molar-refractivity contribution in [3.63, 3.8) is 0 Å². The van der Waals surface area contributed by atoms with Crippen LogP contribution in [-0.4, -0.2) is 43.3 Å². The van der Waals surface area contributed by atoms with Crippen LogP contribution < -0.4 is 5.32 Å². The number of amides is 1. The Hall–Kier alpha value is -1.46. The second kappa shape index (κ2) is 18.8.